The van der Waals surface area contributed by atoms with Crippen LogP contribution in [0.3, 0.4) is 0 Å². The molecule has 0 bridgehead atoms. The molecule has 1 N–H and O–H groups in total. The van der Waals surface area contributed by atoms with Crippen LogP contribution in [-0.2, 0) is 13.1 Å². The third-order valence-electron chi connectivity index (χ3n) is 3.65. The van der Waals surface area contributed by atoms with Crippen molar-refractivity contribution in [2.75, 3.05) is 5.32 Å². The Kier molecular flexibility index (Phi) is 4.35. The molecular formula is C16H21BrN2. The molecule has 0 unspecified atom stereocenters. The minimum absolute atomic E-state index is 0.877. The van der Waals surface area contributed by atoms with Crippen LogP contribution in [-0.4, -0.2) is 4.57 Å². The maximum absolute atomic E-state index is 3.53. The van der Waals surface area contributed by atoms with Gasteiger partial charge in [-0.3, -0.25) is 0 Å². The van der Waals surface area contributed by atoms with Crippen molar-refractivity contribution in [2.45, 2.75) is 40.8 Å². The van der Waals surface area contributed by atoms with Gasteiger partial charge in [-0.2, -0.15) is 0 Å². The van der Waals surface area contributed by atoms with Crippen LogP contribution in [0.4, 0.5) is 5.69 Å². The summed E-state index contributed by atoms with van der Waals surface area (Å²) in [6.07, 6.45) is 0. The minimum atomic E-state index is 0.877. The van der Waals surface area contributed by atoms with E-state index < -0.39 is 0 Å². The van der Waals surface area contributed by atoms with E-state index in [-0.39, 0.29) is 0 Å². The lowest BCUT2D eigenvalue weighted by Gasteiger charge is -2.10. The summed E-state index contributed by atoms with van der Waals surface area (Å²) in [5.41, 5.74) is 6.54. The van der Waals surface area contributed by atoms with Crippen LogP contribution >= 0.6 is 15.9 Å². The molecule has 2 aromatic rings. The molecule has 0 fully saturated rings. The van der Waals surface area contributed by atoms with Crippen molar-refractivity contribution in [1.29, 1.82) is 0 Å². The molecule has 2 nitrogen and oxygen atoms in total. The van der Waals surface area contributed by atoms with E-state index in [0.29, 0.717) is 0 Å². The van der Waals surface area contributed by atoms with Gasteiger partial charge in [0.05, 0.1) is 0 Å². The Balaban J connectivity index is 2.14. The van der Waals surface area contributed by atoms with E-state index in [2.05, 4.69) is 77.8 Å². The highest BCUT2D eigenvalue weighted by Gasteiger charge is 2.07. The summed E-state index contributed by atoms with van der Waals surface area (Å²) in [6, 6.07) is 8.61. The van der Waals surface area contributed by atoms with Crippen LogP contribution in [0.25, 0.3) is 0 Å². The molecule has 3 heteroatoms. The van der Waals surface area contributed by atoms with E-state index in [1.165, 1.54) is 28.2 Å². The number of benzene rings is 1. The van der Waals surface area contributed by atoms with E-state index in [9.17, 15) is 0 Å². The second-order valence-corrected chi connectivity index (χ2v) is 5.87. The number of aromatic nitrogens is 1. The molecule has 0 aliphatic rings. The van der Waals surface area contributed by atoms with Crippen molar-refractivity contribution in [3.05, 3.63) is 51.3 Å². The van der Waals surface area contributed by atoms with Gasteiger partial charge in [-0.05, 0) is 63.1 Å². The number of nitrogens with zero attached hydrogens (tertiary/aromatic N) is 1. The van der Waals surface area contributed by atoms with Gasteiger partial charge in [-0.15, -0.1) is 0 Å². The summed E-state index contributed by atoms with van der Waals surface area (Å²) in [4.78, 5) is 0. The summed E-state index contributed by atoms with van der Waals surface area (Å²) in [7, 11) is 0. The fraction of sp³-hybridized carbons (Fsp3) is 0.375. The zero-order valence-electron chi connectivity index (χ0n) is 12.0. The van der Waals surface area contributed by atoms with Crippen molar-refractivity contribution in [3.63, 3.8) is 0 Å². The standard InChI is InChI=1S/C16H21BrN2/c1-5-19-12(3)9-14(13(19)4)10-18-16-7-6-15(17)8-11(16)2/h6-9,18H,5,10H2,1-4H3. The van der Waals surface area contributed by atoms with Gasteiger partial charge in [0.2, 0.25) is 0 Å². The molecule has 0 atom stereocenters. The lowest BCUT2D eigenvalue weighted by atomic mass is 10.2. The molecule has 102 valence electrons. The Hall–Kier alpha value is -1.22. The first-order valence-corrected chi connectivity index (χ1v) is 7.48. The second kappa shape index (κ2) is 5.83. The van der Waals surface area contributed by atoms with Crippen LogP contribution < -0.4 is 5.32 Å². The molecule has 1 aromatic carbocycles. The Morgan fingerprint density at radius 3 is 2.47 bits per heavy atom. The van der Waals surface area contributed by atoms with Crippen LogP contribution in [0.2, 0.25) is 0 Å². The van der Waals surface area contributed by atoms with Crippen molar-refractivity contribution in [3.8, 4) is 0 Å². The first kappa shape index (κ1) is 14.2. The summed E-state index contributed by atoms with van der Waals surface area (Å²) in [6.45, 7) is 10.6. The smallest absolute Gasteiger partial charge is 0.0418 e. The normalized spacial score (nSPS) is 10.8. The molecule has 0 saturated carbocycles. The predicted molar refractivity (Wildman–Crippen MR) is 85.8 cm³/mol. The van der Waals surface area contributed by atoms with Crippen molar-refractivity contribution >= 4 is 21.6 Å². The highest BCUT2D eigenvalue weighted by Crippen LogP contribution is 2.22. The molecule has 0 aliphatic heterocycles. The second-order valence-electron chi connectivity index (χ2n) is 4.95. The van der Waals surface area contributed by atoms with Crippen LogP contribution in [0.15, 0.2) is 28.7 Å². The Morgan fingerprint density at radius 2 is 1.89 bits per heavy atom. The summed E-state index contributed by atoms with van der Waals surface area (Å²) >= 11 is 3.50. The summed E-state index contributed by atoms with van der Waals surface area (Å²) in [5, 5.41) is 3.53. The fourth-order valence-electron chi connectivity index (χ4n) is 2.55. The van der Waals surface area contributed by atoms with Crippen molar-refractivity contribution in [1.82, 2.24) is 4.57 Å². The Bertz CT molecular complexity index is 585. The molecule has 1 heterocycles. The number of hydrogen-bond donors (Lipinski definition) is 1. The van der Waals surface area contributed by atoms with Crippen LogP contribution in [0, 0.1) is 20.8 Å². The van der Waals surface area contributed by atoms with Crippen molar-refractivity contribution in [2.24, 2.45) is 0 Å². The SMILES string of the molecule is CCn1c(C)cc(CNc2ccc(Br)cc2C)c1C. The van der Waals surface area contributed by atoms with Crippen LogP contribution in [0.5, 0.6) is 0 Å². The molecule has 0 amide bonds. The zero-order valence-corrected chi connectivity index (χ0v) is 13.6. The van der Waals surface area contributed by atoms with Gasteiger partial charge in [0.25, 0.3) is 0 Å². The van der Waals surface area contributed by atoms with Gasteiger partial charge in [0.15, 0.2) is 0 Å². The van der Waals surface area contributed by atoms with Gasteiger partial charge >= 0.3 is 0 Å². The molecular weight excluding hydrogens is 300 g/mol. The Morgan fingerprint density at radius 1 is 1.16 bits per heavy atom. The van der Waals surface area contributed by atoms with Gasteiger partial charge in [-0.25, -0.2) is 0 Å². The number of halogens is 1. The average Bonchev–Trinajstić information content (AvgIpc) is 2.63. The minimum Gasteiger partial charge on any atom is -0.381 e. The molecule has 2 rings (SSSR count). The van der Waals surface area contributed by atoms with E-state index in [1.807, 2.05) is 0 Å². The number of rotatable bonds is 4. The third-order valence-corrected chi connectivity index (χ3v) is 4.15. The fourth-order valence-corrected chi connectivity index (χ4v) is 3.03. The number of aryl methyl sites for hydroxylation is 2. The van der Waals surface area contributed by atoms with Crippen LogP contribution in [0.1, 0.15) is 29.4 Å². The van der Waals surface area contributed by atoms with E-state index >= 15 is 0 Å². The third kappa shape index (κ3) is 3.03. The number of nitrogens with one attached hydrogen (secondary N) is 1. The topological polar surface area (TPSA) is 17.0 Å². The quantitative estimate of drug-likeness (QED) is 0.855. The molecule has 0 saturated heterocycles. The molecule has 1 aromatic heterocycles. The van der Waals surface area contributed by atoms with E-state index in [1.54, 1.807) is 0 Å². The number of hydrogen-bond acceptors (Lipinski definition) is 1. The highest BCUT2D eigenvalue weighted by molar-refractivity contribution is 9.10. The maximum atomic E-state index is 3.53. The van der Waals surface area contributed by atoms with Crippen molar-refractivity contribution < 1.29 is 0 Å². The zero-order chi connectivity index (χ0) is 14.0. The first-order valence-electron chi connectivity index (χ1n) is 6.68. The summed E-state index contributed by atoms with van der Waals surface area (Å²) < 4.78 is 3.48. The molecule has 0 spiro atoms. The lowest BCUT2D eigenvalue weighted by molar-refractivity contribution is 0.715. The van der Waals surface area contributed by atoms with Gasteiger partial charge in [0, 0.05) is 34.6 Å². The van der Waals surface area contributed by atoms with Gasteiger partial charge in [0.1, 0.15) is 0 Å². The monoisotopic (exact) mass is 320 g/mol. The molecule has 19 heavy (non-hydrogen) atoms. The first-order chi connectivity index (χ1) is 9.02. The predicted octanol–water partition coefficient (Wildman–Crippen LogP) is 4.81. The molecule has 0 aliphatic carbocycles. The largest absolute Gasteiger partial charge is 0.381 e. The average molecular weight is 321 g/mol. The molecule has 0 radical (unpaired) electrons. The summed E-state index contributed by atoms with van der Waals surface area (Å²) in [5.74, 6) is 0. The van der Waals surface area contributed by atoms with Gasteiger partial charge in [-0.1, -0.05) is 15.9 Å². The van der Waals surface area contributed by atoms with E-state index in [4.69, 9.17) is 0 Å². The Labute approximate surface area is 124 Å². The maximum Gasteiger partial charge on any atom is 0.0418 e. The number of anilines is 1. The highest BCUT2D eigenvalue weighted by atomic mass is 79.9. The lowest BCUT2D eigenvalue weighted by Crippen LogP contribution is -2.04. The van der Waals surface area contributed by atoms with E-state index in [0.717, 1.165) is 17.6 Å². The van der Waals surface area contributed by atoms with Gasteiger partial charge < -0.3 is 9.88 Å².